The number of rotatable bonds is 8. The fourth-order valence-electron chi connectivity index (χ4n) is 2.35. The molecule has 0 atom stereocenters. The molecule has 0 saturated carbocycles. The second-order valence-electron chi connectivity index (χ2n) is 5.48. The van der Waals surface area contributed by atoms with Gasteiger partial charge in [-0.3, -0.25) is 4.79 Å². The van der Waals surface area contributed by atoms with Crippen LogP contribution in [0.4, 0.5) is 5.69 Å². The van der Waals surface area contributed by atoms with Crippen molar-refractivity contribution in [2.45, 2.75) is 13.8 Å². The van der Waals surface area contributed by atoms with E-state index in [4.69, 9.17) is 10.00 Å². The molecule has 0 radical (unpaired) electrons. The van der Waals surface area contributed by atoms with Crippen molar-refractivity contribution in [3.05, 3.63) is 59.7 Å². The molecule has 0 aliphatic rings. The topological polar surface area (TPSA) is 77.7 Å². The van der Waals surface area contributed by atoms with Crippen molar-refractivity contribution in [3.63, 3.8) is 0 Å². The molecule has 6 heteroatoms. The normalized spacial score (nSPS) is 10.3. The SMILES string of the molecule is CCN(CC)c1ccc(/C=N/NC(=O)COc2ccc(C#N)cc2)cc1. The zero-order valence-electron chi connectivity index (χ0n) is 15.0. The summed E-state index contributed by atoms with van der Waals surface area (Å²) in [5.74, 6) is 0.167. The molecule has 0 saturated heterocycles. The largest absolute Gasteiger partial charge is 0.484 e. The Balaban J connectivity index is 1.80. The van der Waals surface area contributed by atoms with Crippen LogP contribution in [-0.2, 0) is 4.79 Å². The standard InChI is InChI=1S/C20H22N4O2/c1-3-24(4-2)18-9-5-17(6-10-18)14-22-23-20(25)15-26-19-11-7-16(13-21)8-12-19/h5-12,14H,3-4,15H2,1-2H3,(H,23,25)/b22-14+. The maximum absolute atomic E-state index is 11.7. The van der Waals surface area contributed by atoms with E-state index in [1.54, 1.807) is 30.5 Å². The van der Waals surface area contributed by atoms with Crippen molar-refractivity contribution >= 4 is 17.8 Å². The minimum atomic E-state index is -0.356. The van der Waals surface area contributed by atoms with E-state index < -0.39 is 0 Å². The molecule has 1 N–H and O–H groups in total. The van der Waals surface area contributed by atoms with Gasteiger partial charge in [-0.15, -0.1) is 0 Å². The van der Waals surface area contributed by atoms with Crippen LogP contribution >= 0.6 is 0 Å². The van der Waals surface area contributed by atoms with Crippen LogP contribution in [0.25, 0.3) is 0 Å². The zero-order chi connectivity index (χ0) is 18.8. The number of nitrogens with one attached hydrogen (secondary N) is 1. The van der Waals surface area contributed by atoms with Gasteiger partial charge in [0.05, 0.1) is 17.8 Å². The molecule has 0 bridgehead atoms. The highest BCUT2D eigenvalue weighted by Gasteiger charge is 2.02. The summed E-state index contributed by atoms with van der Waals surface area (Å²) in [6, 6.07) is 16.6. The van der Waals surface area contributed by atoms with E-state index in [1.807, 2.05) is 30.3 Å². The first kappa shape index (κ1) is 19.0. The molecular weight excluding hydrogens is 328 g/mol. The van der Waals surface area contributed by atoms with Gasteiger partial charge in [0.1, 0.15) is 5.75 Å². The summed E-state index contributed by atoms with van der Waals surface area (Å²) >= 11 is 0. The van der Waals surface area contributed by atoms with E-state index in [2.05, 4.69) is 29.3 Å². The minimum Gasteiger partial charge on any atom is -0.484 e. The van der Waals surface area contributed by atoms with Gasteiger partial charge < -0.3 is 9.64 Å². The summed E-state index contributed by atoms with van der Waals surface area (Å²) in [4.78, 5) is 14.0. The molecule has 0 aliphatic carbocycles. The molecule has 0 fully saturated rings. The maximum atomic E-state index is 11.7. The summed E-state index contributed by atoms with van der Waals surface area (Å²) < 4.78 is 5.34. The van der Waals surface area contributed by atoms with Crippen molar-refractivity contribution < 1.29 is 9.53 Å². The molecule has 6 nitrogen and oxygen atoms in total. The van der Waals surface area contributed by atoms with Gasteiger partial charge in [-0.1, -0.05) is 12.1 Å². The number of hydrogen-bond donors (Lipinski definition) is 1. The Kier molecular flexibility index (Phi) is 7.19. The van der Waals surface area contributed by atoms with E-state index >= 15 is 0 Å². The maximum Gasteiger partial charge on any atom is 0.277 e. The van der Waals surface area contributed by atoms with Crippen LogP contribution in [0.2, 0.25) is 0 Å². The van der Waals surface area contributed by atoms with Gasteiger partial charge in [0.2, 0.25) is 0 Å². The Hall–Kier alpha value is -3.33. The first-order chi connectivity index (χ1) is 12.7. The molecule has 2 rings (SSSR count). The van der Waals surface area contributed by atoms with Crippen LogP contribution < -0.4 is 15.1 Å². The fraction of sp³-hybridized carbons (Fsp3) is 0.250. The van der Waals surface area contributed by atoms with Gasteiger partial charge in [0.25, 0.3) is 5.91 Å². The molecule has 134 valence electrons. The summed E-state index contributed by atoms with van der Waals surface area (Å²) in [6.45, 7) is 6.01. The van der Waals surface area contributed by atoms with E-state index in [-0.39, 0.29) is 12.5 Å². The van der Waals surface area contributed by atoms with Gasteiger partial charge in [-0.25, -0.2) is 5.43 Å². The van der Waals surface area contributed by atoms with Crippen molar-refractivity contribution in [3.8, 4) is 11.8 Å². The zero-order valence-corrected chi connectivity index (χ0v) is 15.0. The van der Waals surface area contributed by atoms with E-state index in [1.165, 1.54) is 0 Å². The molecule has 0 unspecified atom stereocenters. The van der Waals surface area contributed by atoms with Gasteiger partial charge in [0, 0.05) is 18.8 Å². The predicted molar refractivity (Wildman–Crippen MR) is 102 cm³/mol. The first-order valence-electron chi connectivity index (χ1n) is 8.46. The Morgan fingerprint density at radius 2 is 1.81 bits per heavy atom. The number of hydrazone groups is 1. The average Bonchev–Trinajstić information content (AvgIpc) is 2.69. The molecule has 1 amide bonds. The van der Waals surface area contributed by atoms with Gasteiger partial charge in [-0.2, -0.15) is 10.4 Å². The number of nitrogens with zero attached hydrogens (tertiary/aromatic N) is 3. The second-order valence-corrected chi connectivity index (χ2v) is 5.48. The lowest BCUT2D eigenvalue weighted by Gasteiger charge is -2.20. The Morgan fingerprint density at radius 3 is 2.38 bits per heavy atom. The summed E-state index contributed by atoms with van der Waals surface area (Å²) in [5, 5.41) is 12.7. The third-order valence-corrected chi connectivity index (χ3v) is 3.78. The van der Waals surface area contributed by atoms with Crippen molar-refractivity contribution in [1.29, 1.82) is 5.26 Å². The van der Waals surface area contributed by atoms with E-state index in [0.717, 1.165) is 24.3 Å². The summed E-state index contributed by atoms with van der Waals surface area (Å²) in [6.07, 6.45) is 1.59. The molecule has 0 spiro atoms. The molecule has 0 aromatic heterocycles. The number of benzene rings is 2. The van der Waals surface area contributed by atoms with Crippen molar-refractivity contribution in [2.24, 2.45) is 5.10 Å². The van der Waals surface area contributed by atoms with Crippen LogP contribution in [0.3, 0.4) is 0 Å². The highest BCUT2D eigenvalue weighted by molar-refractivity contribution is 5.83. The highest BCUT2D eigenvalue weighted by atomic mass is 16.5. The van der Waals surface area contributed by atoms with Gasteiger partial charge >= 0.3 is 0 Å². The lowest BCUT2D eigenvalue weighted by Crippen LogP contribution is -2.24. The number of hydrogen-bond acceptors (Lipinski definition) is 5. The molecule has 26 heavy (non-hydrogen) atoms. The fourth-order valence-corrected chi connectivity index (χ4v) is 2.35. The number of anilines is 1. The number of ether oxygens (including phenoxy) is 1. The van der Waals surface area contributed by atoms with E-state index in [9.17, 15) is 4.79 Å². The van der Waals surface area contributed by atoms with Crippen molar-refractivity contribution in [2.75, 3.05) is 24.6 Å². The van der Waals surface area contributed by atoms with Gasteiger partial charge in [0.15, 0.2) is 6.61 Å². The monoisotopic (exact) mass is 350 g/mol. The Labute approximate surface area is 153 Å². The number of amides is 1. The molecule has 2 aromatic carbocycles. The molecular formula is C20H22N4O2. The number of nitriles is 1. The number of carbonyl (C=O) groups excluding carboxylic acids is 1. The molecule has 2 aromatic rings. The first-order valence-corrected chi connectivity index (χ1v) is 8.46. The molecule has 0 aliphatic heterocycles. The van der Waals surface area contributed by atoms with Gasteiger partial charge in [-0.05, 0) is 55.8 Å². The Bertz CT molecular complexity index is 773. The van der Waals surface area contributed by atoms with Crippen molar-refractivity contribution in [1.82, 2.24) is 5.43 Å². The summed E-state index contributed by atoms with van der Waals surface area (Å²) in [7, 11) is 0. The van der Waals surface area contributed by atoms with Crippen LogP contribution in [0.1, 0.15) is 25.0 Å². The second kappa shape index (κ2) is 9.84. The average molecular weight is 350 g/mol. The lowest BCUT2D eigenvalue weighted by molar-refractivity contribution is -0.123. The highest BCUT2D eigenvalue weighted by Crippen LogP contribution is 2.14. The van der Waals surface area contributed by atoms with Crippen LogP contribution in [0.15, 0.2) is 53.6 Å². The minimum absolute atomic E-state index is 0.149. The van der Waals surface area contributed by atoms with Crippen LogP contribution in [-0.4, -0.2) is 31.8 Å². The van der Waals surface area contributed by atoms with Crippen LogP contribution in [0, 0.1) is 11.3 Å². The molecule has 0 heterocycles. The van der Waals surface area contributed by atoms with E-state index in [0.29, 0.717) is 11.3 Å². The third kappa shape index (κ3) is 5.64. The number of carbonyl (C=O) groups is 1. The Morgan fingerprint density at radius 1 is 1.15 bits per heavy atom. The predicted octanol–water partition coefficient (Wildman–Crippen LogP) is 2.93. The third-order valence-electron chi connectivity index (χ3n) is 3.78. The van der Waals surface area contributed by atoms with Crippen LogP contribution in [0.5, 0.6) is 5.75 Å². The lowest BCUT2D eigenvalue weighted by atomic mass is 10.2. The smallest absolute Gasteiger partial charge is 0.277 e. The summed E-state index contributed by atoms with van der Waals surface area (Å²) in [5.41, 5.74) is 5.02. The quantitative estimate of drug-likeness (QED) is 0.586.